The first-order chi connectivity index (χ1) is 13.6. The van der Waals surface area contributed by atoms with Crippen LogP contribution in [0.4, 0.5) is 16.2 Å². The monoisotopic (exact) mass is 403 g/mol. The molecule has 0 radical (unpaired) electrons. The Labute approximate surface area is 170 Å². The molecular weight excluding hydrogens is 377 g/mol. The Balaban J connectivity index is 1.50. The average molecular weight is 404 g/mol. The number of aryl methyl sites for hydroxylation is 1. The number of benzene rings is 1. The van der Waals surface area contributed by atoms with Gasteiger partial charge in [0.15, 0.2) is 5.11 Å². The van der Waals surface area contributed by atoms with E-state index in [1.54, 1.807) is 19.2 Å². The average Bonchev–Trinajstić information content (AvgIpc) is 2.73. The van der Waals surface area contributed by atoms with Crippen molar-refractivity contribution in [3.8, 4) is 5.88 Å². The second kappa shape index (κ2) is 10.2. The van der Waals surface area contributed by atoms with Crippen LogP contribution < -0.4 is 20.3 Å². The number of hydrogen-bond acceptors (Lipinski definition) is 5. The summed E-state index contributed by atoms with van der Waals surface area (Å²) in [6.07, 6.45) is 5.33. The smallest absolute Gasteiger partial charge is 0.234 e. The van der Waals surface area contributed by atoms with Crippen LogP contribution in [-0.4, -0.2) is 41.8 Å². The number of halogens is 1. The predicted molar refractivity (Wildman–Crippen MR) is 114 cm³/mol. The first-order valence-electron chi connectivity index (χ1n) is 9.61. The lowest BCUT2D eigenvalue weighted by Gasteiger charge is -2.28. The second-order valence-electron chi connectivity index (χ2n) is 6.75. The molecule has 2 aromatic rings. The summed E-state index contributed by atoms with van der Waals surface area (Å²) in [5, 5.41) is 6.67. The first-order valence-corrected chi connectivity index (χ1v) is 10.0. The Bertz CT molecular complexity index is 781. The molecule has 0 saturated carbocycles. The highest BCUT2D eigenvalue weighted by atomic mass is 32.1. The van der Waals surface area contributed by atoms with Crippen LogP contribution in [0.3, 0.4) is 0 Å². The number of aromatic nitrogens is 2. The van der Waals surface area contributed by atoms with Gasteiger partial charge in [-0.25, -0.2) is 4.39 Å². The Kier molecular flexibility index (Phi) is 7.36. The van der Waals surface area contributed by atoms with Gasteiger partial charge >= 0.3 is 0 Å². The van der Waals surface area contributed by atoms with Crippen LogP contribution in [0.5, 0.6) is 5.88 Å². The number of methoxy groups -OCH3 is 1. The van der Waals surface area contributed by atoms with Gasteiger partial charge in [-0.3, -0.25) is 0 Å². The number of ether oxygens (including phenoxy) is 1. The fourth-order valence-electron chi connectivity index (χ4n) is 3.15. The fraction of sp³-hybridized carbons (Fsp3) is 0.450. The van der Waals surface area contributed by atoms with Crippen LogP contribution in [0.2, 0.25) is 0 Å². The Morgan fingerprint density at radius 3 is 2.64 bits per heavy atom. The predicted octanol–water partition coefficient (Wildman–Crippen LogP) is 3.53. The fourth-order valence-corrected chi connectivity index (χ4v) is 3.34. The van der Waals surface area contributed by atoms with Gasteiger partial charge in [0.05, 0.1) is 7.11 Å². The van der Waals surface area contributed by atoms with E-state index in [0.717, 1.165) is 37.3 Å². The number of nitrogens with one attached hydrogen (secondary N) is 2. The lowest BCUT2D eigenvalue weighted by atomic mass is 10.1. The molecule has 0 bridgehead atoms. The van der Waals surface area contributed by atoms with E-state index in [4.69, 9.17) is 17.0 Å². The summed E-state index contributed by atoms with van der Waals surface area (Å²) in [4.78, 5) is 11.2. The summed E-state index contributed by atoms with van der Waals surface area (Å²) >= 11 is 5.36. The quantitative estimate of drug-likeness (QED) is 0.542. The summed E-state index contributed by atoms with van der Waals surface area (Å²) in [5.41, 5.74) is 1.10. The van der Waals surface area contributed by atoms with Gasteiger partial charge in [0.25, 0.3) is 0 Å². The van der Waals surface area contributed by atoms with E-state index in [9.17, 15) is 4.39 Å². The van der Waals surface area contributed by atoms with Crippen molar-refractivity contribution in [3.63, 3.8) is 0 Å². The number of thiocarbonyl (C=S) groups is 1. The molecule has 1 aliphatic rings. The molecule has 1 aliphatic heterocycles. The maximum Gasteiger partial charge on any atom is 0.234 e. The lowest BCUT2D eigenvalue weighted by Crippen LogP contribution is -2.32. The standard InChI is InChI=1S/C20H26FN5OS/c1-27-18-14-17(26-12-3-2-4-13-26)23-19(24-18)25-20(28)22-11-5-6-15-7-9-16(21)10-8-15/h7-10,14H,2-6,11-13H2,1H3,(H2,22,23,24,25,28). The maximum absolute atomic E-state index is 12.9. The van der Waals surface area contributed by atoms with Crippen molar-refractivity contribution < 1.29 is 9.13 Å². The van der Waals surface area contributed by atoms with Crippen LogP contribution in [0.15, 0.2) is 30.3 Å². The van der Waals surface area contributed by atoms with Crippen molar-refractivity contribution in [1.29, 1.82) is 0 Å². The van der Waals surface area contributed by atoms with E-state index < -0.39 is 0 Å². The molecule has 0 spiro atoms. The zero-order chi connectivity index (χ0) is 19.8. The van der Waals surface area contributed by atoms with Gasteiger partial charge in [0.1, 0.15) is 11.6 Å². The van der Waals surface area contributed by atoms with E-state index in [-0.39, 0.29) is 5.82 Å². The molecule has 1 fully saturated rings. The van der Waals surface area contributed by atoms with Gasteiger partial charge in [-0.05, 0) is 62.0 Å². The minimum atomic E-state index is -0.213. The zero-order valence-corrected chi connectivity index (χ0v) is 16.9. The Morgan fingerprint density at radius 1 is 1.18 bits per heavy atom. The van der Waals surface area contributed by atoms with Gasteiger partial charge in [-0.2, -0.15) is 9.97 Å². The van der Waals surface area contributed by atoms with E-state index in [1.165, 1.54) is 31.4 Å². The van der Waals surface area contributed by atoms with E-state index in [1.807, 2.05) is 6.07 Å². The van der Waals surface area contributed by atoms with Crippen molar-refractivity contribution in [2.24, 2.45) is 0 Å². The van der Waals surface area contributed by atoms with Crippen LogP contribution in [0, 0.1) is 5.82 Å². The molecule has 1 aromatic heterocycles. The molecule has 0 amide bonds. The van der Waals surface area contributed by atoms with E-state index in [0.29, 0.717) is 23.5 Å². The van der Waals surface area contributed by atoms with E-state index >= 15 is 0 Å². The molecule has 8 heteroatoms. The highest BCUT2D eigenvalue weighted by Crippen LogP contribution is 2.22. The second-order valence-corrected chi connectivity index (χ2v) is 7.16. The van der Waals surface area contributed by atoms with Crippen molar-refractivity contribution in [2.75, 3.05) is 37.0 Å². The molecule has 2 N–H and O–H groups in total. The summed E-state index contributed by atoms with van der Waals surface area (Å²) < 4.78 is 18.2. The van der Waals surface area contributed by atoms with Gasteiger partial charge < -0.3 is 20.3 Å². The van der Waals surface area contributed by atoms with Crippen LogP contribution in [0.25, 0.3) is 0 Å². The molecule has 6 nitrogen and oxygen atoms in total. The number of piperidine rings is 1. The summed E-state index contributed by atoms with van der Waals surface area (Å²) in [6, 6.07) is 8.43. The number of nitrogens with zero attached hydrogens (tertiary/aromatic N) is 3. The maximum atomic E-state index is 12.9. The molecular formula is C20H26FN5OS. The molecule has 1 saturated heterocycles. The van der Waals surface area contributed by atoms with Gasteiger partial charge in [-0.15, -0.1) is 0 Å². The molecule has 28 heavy (non-hydrogen) atoms. The number of anilines is 2. The minimum absolute atomic E-state index is 0.213. The molecule has 150 valence electrons. The molecule has 3 rings (SSSR count). The van der Waals surface area contributed by atoms with Crippen molar-refractivity contribution in [1.82, 2.24) is 15.3 Å². The van der Waals surface area contributed by atoms with Crippen LogP contribution in [0.1, 0.15) is 31.2 Å². The highest BCUT2D eigenvalue weighted by molar-refractivity contribution is 7.80. The van der Waals surface area contributed by atoms with Gasteiger partial charge in [0, 0.05) is 25.7 Å². The van der Waals surface area contributed by atoms with Crippen molar-refractivity contribution in [3.05, 3.63) is 41.7 Å². The van der Waals surface area contributed by atoms with Crippen LogP contribution in [-0.2, 0) is 6.42 Å². The van der Waals surface area contributed by atoms with Crippen molar-refractivity contribution in [2.45, 2.75) is 32.1 Å². The third-order valence-electron chi connectivity index (χ3n) is 4.64. The number of rotatable bonds is 7. The summed E-state index contributed by atoms with van der Waals surface area (Å²) in [5.74, 6) is 1.58. The van der Waals surface area contributed by atoms with Gasteiger partial charge in [0.2, 0.25) is 11.8 Å². The minimum Gasteiger partial charge on any atom is -0.481 e. The topological polar surface area (TPSA) is 62.3 Å². The Morgan fingerprint density at radius 2 is 1.93 bits per heavy atom. The highest BCUT2D eigenvalue weighted by Gasteiger charge is 2.15. The first kappa shape index (κ1) is 20.3. The lowest BCUT2D eigenvalue weighted by molar-refractivity contribution is 0.397. The third-order valence-corrected chi connectivity index (χ3v) is 4.89. The molecule has 2 heterocycles. The van der Waals surface area contributed by atoms with Gasteiger partial charge in [-0.1, -0.05) is 12.1 Å². The third kappa shape index (κ3) is 6.02. The normalized spacial score (nSPS) is 13.9. The molecule has 0 aliphatic carbocycles. The van der Waals surface area contributed by atoms with Crippen LogP contribution >= 0.6 is 12.2 Å². The Hall–Kier alpha value is -2.48. The number of hydrogen-bond donors (Lipinski definition) is 2. The van der Waals surface area contributed by atoms with Crippen molar-refractivity contribution >= 4 is 29.1 Å². The molecule has 1 aromatic carbocycles. The zero-order valence-electron chi connectivity index (χ0n) is 16.1. The van der Waals surface area contributed by atoms with E-state index in [2.05, 4.69) is 25.5 Å². The summed E-state index contributed by atoms with van der Waals surface area (Å²) in [7, 11) is 1.60. The summed E-state index contributed by atoms with van der Waals surface area (Å²) in [6.45, 7) is 2.68. The SMILES string of the molecule is COc1cc(N2CCCCC2)nc(NC(=S)NCCCc2ccc(F)cc2)n1. The molecule has 0 unspecified atom stereocenters. The molecule has 0 atom stereocenters. The largest absolute Gasteiger partial charge is 0.481 e.